The fourth-order valence-corrected chi connectivity index (χ4v) is 2.38. The quantitative estimate of drug-likeness (QED) is 0.187. The molecule has 0 radical (unpaired) electrons. The van der Waals surface area contributed by atoms with Crippen LogP contribution >= 0.6 is 0 Å². The van der Waals surface area contributed by atoms with E-state index in [4.69, 9.17) is 4.74 Å². The Balaban J connectivity index is 1.92. The van der Waals surface area contributed by atoms with E-state index in [0.717, 1.165) is 0 Å². The standard InChI is InChI=1S/C17H12F4N4O2/c1-8-5-9(2)25(23-8)17(24-26)10-3-4-13(22-7-10)27-16-14(20)11(18)6-12(19)15(16)21/h3-7,26H,1-2H3/b24-17-. The van der Waals surface area contributed by atoms with Gasteiger partial charge in [0.25, 0.3) is 0 Å². The van der Waals surface area contributed by atoms with E-state index in [0.29, 0.717) is 17.0 Å². The predicted octanol–water partition coefficient (Wildman–Crippen LogP) is 3.93. The van der Waals surface area contributed by atoms with Crippen LogP contribution in [0, 0.1) is 37.1 Å². The lowest BCUT2D eigenvalue weighted by atomic mass is 10.2. The first-order chi connectivity index (χ1) is 12.8. The van der Waals surface area contributed by atoms with Gasteiger partial charge in [-0.25, -0.2) is 18.4 Å². The molecule has 0 bridgehead atoms. The Bertz CT molecular complexity index is 1010. The molecule has 0 unspecified atom stereocenters. The summed E-state index contributed by atoms with van der Waals surface area (Å²) in [5.74, 6) is -8.08. The average molecular weight is 380 g/mol. The predicted molar refractivity (Wildman–Crippen MR) is 86.0 cm³/mol. The lowest BCUT2D eigenvalue weighted by molar-refractivity contribution is 0.316. The molecule has 2 heterocycles. The van der Waals surface area contributed by atoms with Crippen LogP contribution in [0.1, 0.15) is 17.0 Å². The number of aromatic nitrogens is 3. The van der Waals surface area contributed by atoms with E-state index in [2.05, 4.69) is 15.2 Å². The van der Waals surface area contributed by atoms with Gasteiger partial charge in [-0.1, -0.05) is 5.16 Å². The van der Waals surface area contributed by atoms with Crippen LogP contribution < -0.4 is 4.74 Å². The SMILES string of the molecule is Cc1cc(C)n(/C(=N\O)c2ccc(Oc3c(F)c(F)cc(F)c3F)nc2)n1. The molecule has 6 nitrogen and oxygen atoms in total. The fourth-order valence-electron chi connectivity index (χ4n) is 2.38. The minimum absolute atomic E-state index is 0.0498. The maximum Gasteiger partial charge on any atom is 0.219 e. The molecule has 10 heteroatoms. The Kier molecular flexibility index (Phi) is 4.80. The van der Waals surface area contributed by atoms with Crippen molar-refractivity contribution in [2.24, 2.45) is 5.16 Å². The Labute approximate surface area is 150 Å². The number of oxime groups is 1. The van der Waals surface area contributed by atoms with Crippen molar-refractivity contribution in [3.8, 4) is 11.6 Å². The van der Waals surface area contributed by atoms with E-state index in [9.17, 15) is 22.8 Å². The van der Waals surface area contributed by atoms with Crippen molar-refractivity contribution in [3.63, 3.8) is 0 Å². The van der Waals surface area contributed by atoms with Gasteiger partial charge in [0, 0.05) is 29.6 Å². The second-order valence-corrected chi connectivity index (χ2v) is 5.55. The molecule has 1 N–H and O–H groups in total. The molecule has 0 aliphatic heterocycles. The summed E-state index contributed by atoms with van der Waals surface area (Å²) in [6, 6.07) is 4.40. The zero-order valence-electron chi connectivity index (χ0n) is 14.0. The topological polar surface area (TPSA) is 72.5 Å². The van der Waals surface area contributed by atoms with Crippen molar-refractivity contribution in [2.45, 2.75) is 13.8 Å². The molecule has 0 atom stereocenters. The van der Waals surface area contributed by atoms with Crippen LogP contribution in [0.25, 0.3) is 0 Å². The largest absolute Gasteiger partial charge is 0.433 e. The van der Waals surface area contributed by atoms with Gasteiger partial charge in [-0.3, -0.25) is 0 Å². The second kappa shape index (κ2) is 7.06. The zero-order valence-corrected chi connectivity index (χ0v) is 14.0. The van der Waals surface area contributed by atoms with Crippen LogP contribution in [0.3, 0.4) is 0 Å². The lowest BCUT2D eigenvalue weighted by Crippen LogP contribution is -2.17. The summed E-state index contributed by atoms with van der Waals surface area (Å²) in [4.78, 5) is 3.81. The van der Waals surface area contributed by atoms with Crippen molar-refractivity contribution in [3.05, 3.63) is 70.7 Å². The number of rotatable bonds is 3. The van der Waals surface area contributed by atoms with Crippen molar-refractivity contribution in [1.82, 2.24) is 14.8 Å². The van der Waals surface area contributed by atoms with Gasteiger partial charge in [-0.15, -0.1) is 0 Å². The summed E-state index contributed by atoms with van der Waals surface area (Å²) >= 11 is 0. The van der Waals surface area contributed by atoms with Gasteiger partial charge in [0.15, 0.2) is 11.6 Å². The van der Waals surface area contributed by atoms with Crippen molar-refractivity contribution >= 4 is 5.84 Å². The molecule has 3 aromatic rings. The van der Waals surface area contributed by atoms with Gasteiger partial charge >= 0.3 is 0 Å². The van der Waals surface area contributed by atoms with Crippen LogP contribution in [0.5, 0.6) is 11.6 Å². The summed E-state index contributed by atoms with van der Waals surface area (Å²) < 4.78 is 60.0. The van der Waals surface area contributed by atoms with Crippen molar-refractivity contribution in [2.75, 3.05) is 0 Å². The van der Waals surface area contributed by atoms with E-state index in [-0.39, 0.29) is 17.8 Å². The van der Waals surface area contributed by atoms with Crippen LogP contribution in [0.15, 0.2) is 35.6 Å². The molecule has 0 spiro atoms. The molecule has 0 saturated heterocycles. The third-order valence-electron chi connectivity index (χ3n) is 3.58. The van der Waals surface area contributed by atoms with Crippen LogP contribution in [-0.4, -0.2) is 25.8 Å². The molecule has 0 aliphatic carbocycles. The van der Waals surface area contributed by atoms with E-state index in [1.54, 1.807) is 19.9 Å². The smallest absolute Gasteiger partial charge is 0.219 e. The van der Waals surface area contributed by atoms with Crippen molar-refractivity contribution < 1.29 is 27.5 Å². The van der Waals surface area contributed by atoms with E-state index in [1.807, 2.05) is 0 Å². The van der Waals surface area contributed by atoms with Gasteiger partial charge in [0.2, 0.25) is 29.1 Å². The van der Waals surface area contributed by atoms with Crippen LogP contribution in [-0.2, 0) is 0 Å². The first-order valence-electron chi connectivity index (χ1n) is 7.54. The Morgan fingerprint density at radius 1 is 1.07 bits per heavy atom. The molecule has 2 aromatic heterocycles. The zero-order chi connectivity index (χ0) is 19.7. The van der Waals surface area contributed by atoms with E-state index in [1.165, 1.54) is 23.0 Å². The number of nitrogens with zero attached hydrogens (tertiary/aromatic N) is 4. The summed E-state index contributed by atoms with van der Waals surface area (Å²) in [6.07, 6.45) is 1.19. The van der Waals surface area contributed by atoms with Gasteiger partial charge < -0.3 is 9.94 Å². The number of benzene rings is 1. The highest BCUT2D eigenvalue weighted by Gasteiger charge is 2.22. The maximum atomic E-state index is 13.7. The van der Waals surface area contributed by atoms with Gasteiger partial charge in [0.05, 0.1) is 5.69 Å². The molecule has 0 aliphatic rings. The number of halogens is 4. The number of hydrogen-bond acceptors (Lipinski definition) is 5. The second-order valence-electron chi connectivity index (χ2n) is 5.55. The normalized spacial score (nSPS) is 11.7. The summed E-state index contributed by atoms with van der Waals surface area (Å²) in [7, 11) is 0. The molecule has 3 rings (SSSR count). The minimum atomic E-state index is -1.68. The van der Waals surface area contributed by atoms with E-state index < -0.39 is 29.0 Å². The molecule has 0 amide bonds. The third-order valence-corrected chi connectivity index (χ3v) is 3.58. The minimum Gasteiger partial charge on any atom is -0.433 e. The Morgan fingerprint density at radius 2 is 1.74 bits per heavy atom. The number of ether oxygens (including phenoxy) is 1. The highest BCUT2D eigenvalue weighted by molar-refractivity contribution is 5.99. The van der Waals surface area contributed by atoms with Gasteiger partial charge in [-0.05, 0) is 26.0 Å². The number of aryl methyl sites for hydroxylation is 2. The van der Waals surface area contributed by atoms with Crippen LogP contribution in [0.4, 0.5) is 17.6 Å². The maximum absolute atomic E-state index is 13.7. The Hall–Kier alpha value is -3.43. The molecular formula is C17H12F4N4O2. The monoisotopic (exact) mass is 380 g/mol. The highest BCUT2D eigenvalue weighted by Crippen LogP contribution is 2.30. The summed E-state index contributed by atoms with van der Waals surface area (Å²) in [6.45, 7) is 3.51. The molecular weight excluding hydrogens is 368 g/mol. The summed E-state index contributed by atoms with van der Waals surface area (Å²) in [5, 5.41) is 16.7. The molecule has 140 valence electrons. The number of hydrogen-bond donors (Lipinski definition) is 1. The third kappa shape index (κ3) is 3.46. The fraction of sp³-hybridized carbons (Fsp3) is 0.118. The first kappa shape index (κ1) is 18.4. The highest BCUT2D eigenvalue weighted by atomic mass is 19.2. The van der Waals surface area contributed by atoms with Gasteiger partial charge in [-0.2, -0.15) is 13.9 Å². The van der Waals surface area contributed by atoms with E-state index >= 15 is 0 Å². The van der Waals surface area contributed by atoms with Crippen molar-refractivity contribution in [1.29, 1.82) is 0 Å². The average Bonchev–Trinajstić information content (AvgIpc) is 2.97. The lowest BCUT2D eigenvalue weighted by Gasteiger charge is -2.10. The summed E-state index contributed by atoms with van der Waals surface area (Å²) in [5.41, 5.74) is 1.70. The molecule has 0 saturated carbocycles. The van der Waals surface area contributed by atoms with Gasteiger partial charge in [0.1, 0.15) is 0 Å². The molecule has 1 aromatic carbocycles. The molecule has 0 fully saturated rings. The number of pyridine rings is 1. The molecule has 27 heavy (non-hydrogen) atoms. The first-order valence-corrected chi connectivity index (χ1v) is 7.54. The Morgan fingerprint density at radius 3 is 2.22 bits per heavy atom. The van der Waals surface area contributed by atoms with Crippen LogP contribution in [0.2, 0.25) is 0 Å².